The highest BCUT2D eigenvalue weighted by molar-refractivity contribution is 5.72. The maximum atomic E-state index is 15.2. The Hall–Kier alpha value is -3.12. The molecule has 0 aliphatic carbocycles. The molecule has 202 valence electrons. The molecule has 4 rings (SSSR count). The quantitative estimate of drug-likeness (QED) is 0.149. The Bertz CT molecular complexity index is 1250. The molecule has 1 heterocycles. The minimum atomic E-state index is -1.04. The summed E-state index contributed by atoms with van der Waals surface area (Å²) in [6, 6.07) is 12.4. The first-order chi connectivity index (χ1) is 18.4. The number of halogens is 4. The molecule has 0 amide bonds. The minimum absolute atomic E-state index is 0.0696. The fraction of sp³-hybridized carbons (Fsp3) is 0.375. The van der Waals surface area contributed by atoms with Crippen molar-refractivity contribution < 1.29 is 27.0 Å². The molecule has 0 aromatic heterocycles. The van der Waals surface area contributed by atoms with E-state index in [1.54, 1.807) is 36.4 Å². The Morgan fingerprint density at radius 2 is 1.50 bits per heavy atom. The summed E-state index contributed by atoms with van der Waals surface area (Å²) in [6.07, 6.45) is 9.33. The molecule has 0 saturated carbocycles. The molecule has 0 N–H and O–H groups in total. The van der Waals surface area contributed by atoms with E-state index in [2.05, 4.69) is 6.08 Å². The number of rotatable bonds is 10. The lowest BCUT2D eigenvalue weighted by Crippen LogP contribution is -2.25. The zero-order valence-electron chi connectivity index (χ0n) is 21.9. The standard InChI is InChI=1S/C32H34F4O2/c1-3-5-7-8-24-14-13-23(20-38-24)27-16-15-25(29(33)30(27)34)21-9-11-22(12-10-21)26-17-18-28(32(36)31(26)35)37-19-6-4-2/h3,5,9-12,15-18,23-24H,4,6-8,13-14,19-20H2,1-2H3. The first kappa shape index (κ1) is 27.9. The van der Waals surface area contributed by atoms with E-state index in [-0.39, 0.29) is 28.9 Å². The summed E-state index contributed by atoms with van der Waals surface area (Å²) in [5.41, 5.74) is 1.38. The molecule has 3 aromatic carbocycles. The monoisotopic (exact) mass is 526 g/mol. The van der Waals surface area contributed by atoms with Gasteiger partial charge in [0.15, 0.2) is 23.2 Å². The van der Waals surface area contributed by atoms with Crippen LogP contribution in [0.3, 0.4) is 0 Å². The zero-order chi connectivity index (χ0) is 27.1. The Labute approximate surface area is 222 Å². The Morgan fingerprint density at radius 1 is 0.842 bits per heavy atom. The number of allylic oxidation sites excluding steroid dienone is 2. The lowest BCUT2D eigenvalue weighted by Gasteiger charge is -2.29. The molecule has 0 spiro atoms. The lowest BCUT2D eigenvalue weighted by atomic mass is 9.88. The van der Waals surface area contributed by atoms with Crippen molar-refractivity contribution in [1.82, 2.24) is 0 Å². The van der Waals surface area contributed by atoms with Crippen molar-refractivity contribution in [3.05, 3.63) is 89.5 Å². The van der Waals surface area contributed by atoms with Gasteiger partial charge in [-0.05, 0) is 67.9 Å². The van der Waals surface area contributed by atoms with Crippen LogP contribution in [0.25, 0.3) is 22.3 Å². The van der Waals surface area contributed by atoms with Crippen LogP contribution >= 0.6 is 0 Å². The first-order valence-electron chi connectivity index (χ1n) is 13.4. The van der Waals surface area contributed by atoms with E-state index in [9.17, 15) is 8.78 Å². The lowest BCUT2D eigenvalue weighted by molar-refractivity contribution is -0.000894. The van der Waals surface area contributed by atoms with Gasteiger partial charge in [0.1, 0.15) is 0 Å². The third-order valence-electron chi connectivity index (χ3n) is 7.12. The van der Waals surface area contributed by atoms with Crippen LogP contribution < -0.4 is 4.74 Å². The highest BCUT2D eigenvalue weighted by Gasteiger charge is 2.27. The summed E-state index contributed by atoms with van der Waals surface area (Å²) in [4.78, 5) is 0. The van der Waals surface area contributed by atoms with Crippen molar-refractivity contribution in [3.63, 3.8) is 0 Å². The van der Waals surface area contributed by atoms with E-state index >= 15 is 8.78 Å². The maximum Gasteiger partial charge on any atom is 0.201 e. The summed E-state index contributed by atoms with van der Waals surface area (Å²) >= 11 is 0. The number of ether oxygens (including phenoxy) is 2. The topological polar surface area (TPSA) is 18.5 Å². The molecule has 2 atom stereocenters. The number of benzene rings is 3. The second-order valence-electron chi connectivity index (χ2n) is 9.72. The molecule has 2 nitrogen and oxygen atoms in total. The first-order valence-corrected chi connectivity index (χ1v) is 13.4. The van der Waals surface area contributed by atoms with E-state index in [4.69, 9.17) is 9.47 Å². The second-order valence-corrected chi connectivity index (χ2v) is 9.72. The van der Waals surface area contributed by atoms with Crippen molar-refractivity contribution in [3.8, 4) is 28.0 Å². The van der Waals surface area contributed by atoms with Crippen LogP contribution in [0, 0.1) is 23.3 Å². The summed E-state index contributed by atoms with van der Waals surface area (Å²) in [7, 11) is 0. The average molecular weight is 527 g/mol. The Kier molecular flexibility index (Phi) is 9.62. The van der Waals surface area contributed by atoms with Crippen molar-refractivity contribution >= 4 is 0 Å². The molecule has 1 aliphatic heterocycles. The Balaban J connectivity index is 1.48. The molecular weight excluding hydrogens is 492 g/mol. The van der Waals surface area contributed by atoms with Crippen LogP contribution in [-0.4, -0.2) is 19.3 Å². The van der Waals surface area contributed by atoms with Crippen LogP contribution in [0.4, 0.5) is 17.6 Å². The van der Waals surface area contributed by atoms with Crippen LogP contribution in [0.5, 0.6) is 5.75 Å². The van der Waals surface area contributed by atoms with Crippen LogP contribution in [-0.2, 0) is 4.74 Å². The predicted octanol–water partition coefficient (Wildman–Crippen LogP) is 9.37. The van der Waals surface area contributed by atoms with E-state index in [0.29, 0.717) is 29.9 Å². The van der Waals surface area contributed by atoms with Gasteiger partial charge in [0.25, 0.3) is 0 Å². The molecule has 2 unspecified atom stereocenters. The van der Waals surface area contributed by atoms with Gasteiger partial charge < -0.3 is 9.47 Å². The third kappa shape index (κ3) is 6.29. The molecule has 38 heavy (non-hydrogen) atoms. The summed E-state index contributed by atoms with van der Waals surface area (Å²) in [5, 5.41) is 0. The fourth-order valence-corrected chi connectivity index (χ4v) is 4.85. The van der Waals surface area contributed by atoms with Crippen molar-refractivity contribution in [2.45, 2.75) is 64.4 Å². The molecule has 6 heteroatoms. The van der Waals surface area contributed by atoms with Gasteiger partial charge >= 0.3 is 0 Å². The van der Waals surface area contributed by atoms with E-state index in [1.807, 2.05) is 19.9 Å². The molecular formula is C32H34F4O2. The highest BCUT2D eigenvalue weighted by atomic mass is 19.2. The van der Waals surface area contributed by atoms with Gasteiger partial charge in [-0.25, -0.2) is 13.2 Å². The number of unbranched alkanes of at least 4 members (excludes halogenated alkanes) is 1. The smallest absolute Gasteiger partial charge is 0.201 e. The van der Waals surface area contributed by atoms with Gasteiger partial charge in [-0.15, -0.1) is 0 Å². The normalized spacial score (nSPS) is 17.7. The van der Waals surface area contributed by atoms with Gasteiger partial charge in [-0.1, -0.05) is 61.9 Å². The zero-order valence-corrected chi connectivity index (χ0v) is 21.9. The van der Waals surface area contributed by atoms with Gasteiger partial charge in [-0.3, -0.25) is 0 Å². The van der Waals surface area contributed by atoms with Gasteiger partial charge in [0, 0.05) is 17.0 Å². The molecule has 3 aromatic rings. The second kappa shape index (κ2) is 13.1. The molecule has 0 radical (unpaired) electrons. The van der Waals surface area contributed by atoms with Gasteiger partial charge in [0.05, 0.1) is 19.3 Å². The van der Waals surface area contributed by atoms with Crippen molar-refractivity contribution in [1.29, 1.82) is 0 Å². The van der Waals surface area contributed by atoms with Gasteiger partial charge in [0.2, 0.25) is 5.82 Å². The fourth-order valence-electron chi connectivity index (χ4n) is 4.85. The van der Waals surface area contributed by atoms with E-state index in [1.165, 1.54) is 12.1 Å². The molecule has 0 bridgehead atoms. The van der Waals surface area contributed by atoms with Crippen LogP contribution in [0.2, 0.25) is 0 Å². The molecule has 1 fully saturated rings. The number of hydrogen-bond donors (Lipinski definition) is 0. The molecule has 1 saturated heterocycles. The van der Waals surface area contributed by atoms with Crippen molar-refractivity contribution in [2.75, 3.05) is 13.2 Å². The largest absolute Gasteiger partial charge is 0.490 e. The van der Waals surface area contributed by atoms with E-state index < -0.39 is 23.3 Å². The summed E-state index contributed by atoms with van der Waals surface area (Å²) in [5.74, 6) is -4.14. The van der Waals surface area contributed by atoms with E-state index in [0.717, 1.165) is 38.5 Å². The molecule has 1 aliphatic rings. The SMILES string of the molecule is CC=CCCC1CCC(c2ccc(-c3ccc(-c4ccc(OCCCC)c(F)c4F)cc3)c(F)c2F)CO1. The van der Waals surface area contributed by atoms with Crippen molar-refractivity contribution in [2.24, 2.45) is 0 Å². The maximum absolute atomic E-state index is 15.2. The summed E-state index contributed by atoms with van der Waals surface area (Å²) < 4.78 is 70.8. The van der Waals surface area contributed by atoms with Crippen LogP contribution in [0.15, 0.2) is 60.7 Å². The van der Waals surface area contributed by atoms with Crippen LogP contribution in [0.1, 0.15) is 63.9 Å². The highest BCUT2D eigenvalue weighted by Crippen LogP contribution is 2.36. The predicted molar refractivity (Wildman–Crippen MR) is 143 cm³/mol. The third-order valence-corrected chi connectivity index (χ3v) is 7.12. The minimum Gasteiger partial charge on any atom is -0.490 e. The summed E-state index contributed by atoms with van der Waals surface area (Å²) in [6.45, 7) is 4.65. The van der Waals surface area contributed by atoms with Gasteiger partial charge in [-0.2, -0.15) is 4.39 Å². The average Bonchev–Trinajstić information content (AvgIpc) is 2.94. The number of hydrogen-bond acceptors (Lipinski definition) is 2. The Morgan fingerprint density at radius 3 is 2.11 bits per heavy atom.